The second-order valence-corrected chi connectivity index (χ2v) is 5.45. The van der Waals surface area contributed by atoms with Gasteiger partial charge in [-0.3, -0.25) is 9.59 Å². The van der Waals surface area contributed by atoms with Crippen molar-refractivity contribution >= 4 is 35.3 Å². The highest BCUT2D eigenvalue weighted by atomic mass is 35.5. The number of anilines is 1. The Morgan fingerprint density at radius 2 is 2.00 bits per heavy atom. The van der Waals surface area contributed by atoms with Crippen LogP contribution in [0.2, 0.25) is 5.02 Å². The van der Waals surface area contributed by atoms with Crippen molar-refractivity contribution in [3.8, 4) is 11.5 Å². The summed E-state index contributed by atoms with van der Waals surface area (Å²) in [7, 11) is 1.42. The number of benzene rings is 2. The number of nitrogens with one attached hydrogen (secondary N) is 2. The number of carbonyl (C=O) groups excluding carboxylic acids is 2. The lowest BCUT2D eigenvalue weighted by Gasteiger charge is -2.07. The maximum absolute atomic E-state index is 11.9. The fourth-order valence-electron chi connectivity index (χ4n) is 1.97. The normalized spacial score (nSPS) is 10.5. The number of aromatic hydroxyl groups is 1. The van der Waals surface area contributed by atoms with Crippen LogP contribution in [-0.2, 0) is 9.59 Å². The van der Waals surface area contributed by atoms with Crippen LogP contribution in [0.4, 0.5) is 5.69 Å². The van der Waals surface area contributed by atoms with Crippen LogP contribution in [0, 0.1) is 6.92 Å². The van der Waals surface area contributed by atoms with E-state index >= 15 is 0 Å². The molecule has 0 atom stereocenters. The van der Waals surface area contributed by atoms with E-state index in [1.54, 1.807) is 43.3 Å². The summed E-state index contributed by atoms with van der Waals surface area (Å²) < 4.78 is 4.96. The summed E-state index contributed by atoms with van der Waals surface area (Å²) in [4.78, 5) is 23.6. The summed E-state index contributed by atoms with van der Waals surface area (Å²) in [5.41, 5.74) is 3.61. The standard InChI is InChI=1S/C17H16ClN3O4/c1-10-8-12(18)6-7-13(10)20-16(23)17(24)21-19-9-11-4-3-5-14(25-2)15(11)22/h3-9,22H,1-2H3,(H,20,23)(H,21,24)/b19-9+. The molecule has 0 aromatic heterocycles. The van der Waals surface area contributed by atoms with Gasteiger partial charge in [-0.15, -0.1) is 0 Å². The van der Waals surface area contributed by atoms with Gasteiger partial charge in [0.25, 0.3) is 0 Å². The van der Waals surface area contributed by atoms with E-state index in [0.717, 1.165) is 5.56 Å². The molecular formula is C17H16ClN3O4. The van der Waals surface area contributed by atoms with Gasteiger partial charge in [0.2, 0.25) is 0 Å². The molecule has 2 aromatic carbocycles. The fourth-order valence-corrected chi connectivity index (χ4v) is 2.19. The van der Waals surface area contributed by atoms with E-state index in [1.165, 1.54) is 13.3 Å². The summed E-state index contributed by atoms with van der Waals surface area (Å²) >= 11 is 5.84. The maximum Gasteiger partial charge on any atom is 0.329 e. The first kappa shape index (κ1) is 18.3. The zero-order valence-corrected chi connectivity index (χ0v) is 14.3. The van der Waals surface area contributed by atoms with Gasteiger partial charge in [-0.05, 0) is 42.8 Å². The summed E-state index contributed by atoms with van der Waals surface area (Å²) in [6.07, 6.45) is 1.20. The SMILES string of the molecule is COc1cccc(/C=N/NC(=O)C(=O)Nc2ccc(Cl)cc2C)c1O. The number of halogens is 1. The fraction of sp³-hybridized carbons (Fsp3) is 0.118. The van der Waals surface area contributed by atoms with Crippen LogP contribution in [0.5, 0.6) is 11.5 Å². The molecule has 0 saturated heterocycles. The number of hydrogen-bond donors (Lipinski definition) is 3. The lowest BCUT2D eigenvalue weighted by atomic mass is 10.2. The molecule has 0 saturated carbocycles. The molecular weight excluding hydrogens is 346 g/mol. The lowest BCUT2D eigenvalue weighted by Crippen LogP contribution is -2.32. The van der Waals surface area contributed by atoms with Crippen molar-refractivity contribution in [1.82, 2.24) is 5.43 Å². The molecule has 2 aromatic rings. The van der Waals surface area contributed by atoms with Crippen LogP contribution in [0.3, 0.4) is 0 Å². The highest BCUT2D eigenvalue weighted by molar-refractivity contribution is 6.39. The van der Waals surface area contributed by atoms with Crippen molar-refractivity contribution in [3.05, 3.63) is 52.5 Å². The Morgan fingerprint density at radius 3 is 2.68 bits per heavy atom. The predicted octanol–water partition coefficient (Wildman–Crippen LogP) is 2.45. The Balaban J connectivity index is 1.99. The zero-order chi connectivity index (χ0) is 18.4. The van der Waals surface area contributed by atoms with Gasteiger partial charge in [0.15, 0.2) is 11.5 Å². The van der Waals surface area contributed by atoms with Gasteiger partial charge in [-0.1, -0.05) is 17.7 Å². The van der Waals surface area contributed by atoms with Crippen LogP contribution >= 0.6 is 11.6 Å². The molecule has 8 heteroatoms. The largest absolute Gasteiger partial charge is 0.504 e. The highest BCUT2D eigenvalue weighted by Crippen LogP contribution is 2.27. The van der Waals surface area contributed by atoms with Crippen molar-refractivity contribution in [1.29, 1.82) is 0 Å². The van der Waals surface area contributed by atoms with Gasteiger partial charge in [0.1, 0.15) is 0 Å². The number of aryl methyl sites for hydroxylation is 1. The number of rotatable bonds is 4. The second-order valence-electron chi connectivity index (χ2n) is 5.01. The monoisotopic (exact) mass is 361 g/mol. The van der Waals surface area contributed by atoms with Gasteiger partial charge in [0, 0.05) is 16.3 Å². The topological polar surface area (TPSA) is 100 Å². The number of para-hydroxylation sites is 1. The average molecular weight is 362 g/mol. The Hall–Kier alpha value is -3.06. The molecule has 25 heavy (non-hydrogen) atoms. The number of amides is 2. The number of carbonyl (C=O) groups is 2. The van der Waals surface area contributed by atoms with E-state index in [1.807, 2.05) is 0 Å². The quantitative estimate of drug-likeness (QED) is 0.442. The number of phenolic OH excluding ortho intramolecular Hbond substituents is 1. The van der Waals surface area contributed by atoms with Crippen LogP contribution in [0.15, 0.2) is 41.5 Å². The molecule has 0 fully saturated rings. The van der Waals surface area contributed by atoms with E-state index in [-0.39, 0.29) is 11.5 Å². The first-order valence-electron chi connectivity index (χ1n) is 7.19. The third-order valence-corrected chi connectivity index (χ3v) is 3.50. The molecule has 0 spiro atoms. The van der Waals surface area contributed by atoms with E-state index in [0.29, 0.717) is 16.3 Å². The molecule has 0 radical (unpaired) electrons. The van der Waals surface area contributed by atoms with Gasteiger partial charge < -0.3 is 15.2 Å². The van der Waals surface area contributed by atoms with E-state index < -0.39 is 11.8 Å². The number of ether oxygens (including phenoxy) is 1. The van der Waals surface area contributed by atoms with Crippen molar-refractivity contribution < 1.29 is 19.4 Å². The number of methoxy groups -OCH3 is 1. The van der Waals surface area contributed by atoms with Crippen LogP contribution in [0.25, 0.3) is 0 Å². The van der Waals surface area contributed by atoms with E-state index in [4.69, 9.17) is 16.3 Å². The van der Waals surface area contributed by atoms with Gasteiger partial charge in [0.05, 0.1) is 13.3 Å². The molecule has 2 amide bonds. The van der Waals surface area contributed by atoms with Crippen LogP contribution in [0.1, 0.15) is 11.1 Å². The molecule has 2 rings (SSSR count). The van der Waals surface area contributed by atoms with E-state index in [9.17, 15) is 14.7 Å². The van der Waals surface area contributed by atoms with Crippen molar-refractivity contribution in [3.63, 3.8) is 0 Å². The Morgan fingerprint density at radius 1 is 1.24 bits per heavy atom. The molecule has 0 aliphatic rings. The predicted molar refractivity (Wildman–Crippen MR) is 95.2 cm³/mol. The summed E-state index contributed by atoms with van der Waals surface area (Å²) in [5.74, 6) is -1.68. The Kier molecular flexibility index (Phi) is 5.97. The molecule has 7 nitrogen and oxygen atoms in total. The van der Waals surface area contributed by atoms with Crippen molar-refractivity contribution in [2.75, 3.05) is 12.4 Å². The van der Waals surface area contributed by atoms with Crippen LogP contribution < -0.4 is 15.5 Å². The zero-order valence-electron chi connectivity index (χ0n) is 13.5. The third kappa shape index (κ3) is 4.71. The third-order valence-electron chi connectivity index (χ3n) is 3.26. The van der Waals surface area contributed by atoms with E-state index in [2.05, 4.69) is 15.8 Å². The van der Waals surface area contributed by atoms with Gasteiger partial charge in [-0.2, -0.15) is 5.10 Å². The summed E-state index contributed by atoms with van der Waals surface area (Å²) in [6, 6.07) is 9.67. The Bertz CT molecular complexity index is 837. The summed E-state index contributed by atoms with van der Waals surface area (Å²) in [5, 5.41) is 16.5. The average Bonchev–Trinajstić information content (AvgIpc) is 2.58. The number of phenols is 1. The minimum atomic E-state index is -0.951. The highest BCUT2D eigenvalue weighted by Gasteiger charge is 2.14. The number of hydrogen-bond acceptors (Lipinski definition) is 5. The number of nitrogens with zero attached hydrogens (tertiary/aromatic N) is 1. The minimum Gasteiger partial charge on any atom is -0.504 e. The van der Waals surface area contributed by atoms with Crippen molar-refractivity contribution in [2.45, 2.75) is 6.92 Å². The molecule has 0 aliphatic heterocycles. The Labute approximate surface area is 149 Å². The second kappa shape index (κ2) is 8.16. The van der Waals surface area contributed by atoms with Crippen LogP contribution in [-0.4, -0.2) is 30.2 Å². The maximum atomic E-state index is 11.9. The van der Waals surface area contributed by atoms with Gasteiger partial charge >= 0.3 is 11.8 Å². The number of hydrazone groups is 1. The lowest BCUT2D eigenvalue weighted by molar-refractivity contribution is -0.136. The molecule has 0 aliphatic carbocycles. The molecule has 3 N–H and O–H groups in total. The molecule has 0 unspecified atom stereocenters. The van der Waals surface area contributed by atoms with Gasteiger partial charge in [-0.25, -0.2) is 5.43 Å². The molecule has 0 bridgehead atoms. The van der Waals surface area contributed by atoms with Crippen molar-refractivity contribution in [2.24, 2.45) is 5.10 Å². The first-order valence-corrected chi connectivity index (χ1v) is 7.56. The molecule has 130 valence electrons. The molecule has 0 heterocycles. The summed E-state index contributed by atoms with van der Waals surface area (Å²) in [6.45, 7) is 1.75. The first-order chi connectivity index (χ1) is 11.9. The minimum absolute atomic E-state index is 0.121. The smallest absolute Gasteiger partial charge is 0.329 e.